The van der Waals surface area contributed by atoms with Gasteiger partial charge in [0.05, 0.1) is 19.4 Å². The third-order valence-electron chi connectivity index (χ3n) is 4.63. The van der Waals surface area contributed by atoms with E-state index in [1.54, 1.807) is 26.2 Å². The van der Waals surface area contributed by atoms with Gasteiger partial charge in [-0.3, -0.25) is 4.79 Å². The van der Waals surface area contributed by atoms with Crippen LogP contribution in [0.5, 0.6) is 23.0 Å². The number of rotatable bonds is 7. The molecule has 0 unspecified atom stereocenters. The van der Waals surface area contributed by atoms with E-state index >= 15 is 0 Å². The van der Waals surface area contributed by atoms with Crippen molar-refractivity contribution in [2.75, 3.05) is 45.9 Å². The number of methoxy groups -OCH3 is 1. The summed E-state index contributed by atoms with van der Waals surface area (Å²) in [7, 11) is 5.44. The van der Waals surface area contributed by atoms with Crippen LogP contribution in [0.15, 0.2) is 35.9 Å². The van der Waals surface area contributed by atoms with Crippen LogP contribution < -0.4 is 23.8 Å². The Kier molecular flexibility index (Phi) is 6.32. The first-order valence-electron chi connectivity index (χ1n) is 9.59. The van der Waals surface area contributed by atoms with Crippen molar-refractivity contribution in [3.63, 3.8) is 0 Å². The van der Waals surface area contributed by atoms with Crippen LogP contribution in [0.3, 0.4) is 0 Å². The summed E-state index contributed by atoms with van der Waals surface area (Å²) in [6.07, 6.45) is 1.81. The zero-order valence-electron chi connectivity index (χ0n) is 17.6. The molecule has 3 rings (SSSR count). The Hall–Kier alpha value is -3.15. The van der Waals surface area contributed by atoms with E-state index in [-0.39, 0.29) is 5.78 Å². The summed E-state index contributed by atoms with van der Waals surface area (Å²) < 4.78 is 22.4. The van der Waals surface area contributed by atoms with Crippen molar-refractivity contribution in [3.05, 3.63) is 47.0 Å². The molecule has 0 saturated heterocycles. The Bertz CT molecular complexity index is 933. The third kappa shape index (κ3) is 4.47. The van der Waals surface area contributed by atoms with Crippen molar-refractivity contribution in [3.8, 4) is 23.0 Å². The molecular weight excluding hydrogens is 370 g/mol. The van der Waals surface area contributed by atoms with Gasteiger partial charge >= 0.3 is 0 Å². The minimum Gasteiger partial charge on any atom is -0.496 e. The summed E-state index contributed by atoms with van der Waals surface area (Å²) in [5.74, 6) is 2.62. The average Bonchev–Trinajstić information content (AvgIpc) is 2.73. The average molecular weight is 397 g/mol. The van der Waals surface area contributed by atoms with Crippen molar-refractivity contribution < 1.29 is 23.7 Å². The van der Waals surface area contributed by atoms with Gasteiger partial charge in [-0.1, -0.05) is 0 Å². The molecule has 0 aliphatic carbocycles. The number of ketones is 1. The van der Waals surface area contributed by atoms with Crippen molar-refractivity contribution in [1.82, 2.24) is 0 Å². The van der Waals surface area contributed by atoms with E-state index in [9.17, 15) is 4.79 Å². The Balaban J connectivity index is 1.94. The minimum absolute atomic E-state index is 0.0620. The number of hydrogen-bond acceptors (Lipinski definition) is 6. The summed E-state index contributed by atoms with van der Waals surface area (Å²) in [5, 5.41) is 0. The summed E-state index contributed by atoms with van der Waals surface area (Å²) in [5.41, 5.74) is 2.82. The maximum absolute atomic E-state index is 13.1. The van der Waals surface area contributed by atoms with Crippen LogP contribution >= 0.6 is 0 Å². The lowest BCUT2D eigenvalue weighted by atomic mass is 10.0. The second-order valence-electron chi connectivity index (χ2n) is 6.90. The molecule has 0 bridgehead atoms. The lowest BCUT2D eigenvalue weighted by Crippen LogP contribution is -2.15. The number of Topliss-reactive ketones (excluding diaryl/α,β-unsaturated/α-hetero) is 1. The highest BCUT2D eigenvalue weighted by molar-refractivity contribution is 6.11. The Morgan fingerprint density at radius 3 is 2.41 bits per heavy atom. The molecule has 2 aromatic carbocycles. The van der Waals surface area contributed by atoms with Gasteiger partial charge in [0.1, 0.15) is 24.7 Å². The van der Waals surface area contributed by atoms with Gasteiger partial charge < -0.3 is 23.8 Å². The zero-order chi connectivity index (χ0) is 21.0. The Morgan fingerprint density at radius 1 is 1.10 bits per heavy atom. The number of carbonyl (C=O) groups excluding carboxylic acids is 1. The molecule has 29 heavy (non-hydrogen) atoms. The van der Waals surface area contributed by atoms with E-state index in [2.05, 4.69) is 0 Å². The standard InChI is InChI=1S/C23H27NO5/c1-6-27-19-8-7-16(12-18(19)24(3)4)23(25)15(2)11-17-13-21-22(14-20(17)26-5)29-10-9-28-21/h7-8,11-14H,6,9-10H2,1-5H3/b15-11+. The molecule has 0 saturated carbocycles. The normalized spacial score (nSPS) is 13.1. The number of hydrogen-bond donors (Lipinski definition) is 0. The van der Waals surface area contributed by atoms with Gasteiger partial charge in [-0.05, 0) is 49.8 Å². The molecule has 1 aliphatic rings. The largest absolute Gasteiger partial charge is 0.496 e. The summed E-state index contributed by atoms with van der Waals surface area (Å²) >= 11 is 0. The first-order valence-corrected chi connectivity index (χ1v) is 9.59. The number of nitrogens with zero attached hydrogens (tertiary/aromatic N) is 1. The van der Waals surface area contributed by atoms with E-state index in [0.717, 1.165) is 17.0 Å². The second kappa shape index (κ2) is 8.90. The lowest BCUT2D eigenvalue weighted by Gasteiger charge is -2.20. The van der Waals surface area contributed by atoms with Crippen molar-refractivity contribution in [2.24, 2.45) is 0 Å². The van der Waals surface area contributed by atoms with Gasteiger partial charge in [0.15, 0.2) is 17.3 Å². The second-order valence-corrected chi connectivity index (χ2v) is 6.90. The molecule has 2 aromatic rings. The molecule has 0 atom stereocenters. The van der Waals surface area contributed by atoms with E-state index in [1.165, 1.54) is 0 Å². The Labute approximate surface area is 171 Å². The van der Waals surface area contributed by atoms with Gasteiger partial charge in [0.25, 0.3) is 0 Å². The third-order valence-corrected chi connectivity index (χ3v) is 4.63. The molecule has 0 spiro atoms. The molecule has 0 aromatic heterocycles. The number of carbonyl (C=O) groups is 1. The number of fused-ring (bicyclic) bond motifs is 1. The topological polar surface area (TPSA) is 57.2 Å². The number of benzene rings is 2. The van der Waals surface area contributed by atoms with Crippen LogP contribution in [0.4, 0.5) is 5.69 Å². The van der Waals surface area contributed by atoms with Crippen LogP contribution in [0, 0.1) is 0 Å². The fourth-order valence-corrected chi connectivity index (χ4v) is 3.19. The fraction of sp³-hybridized carbons (Fsp3) is 0.348. The van der Waals surface area contributed by atoms with Crippen molar-refractivity contribution >= 4 is 17.5 Å². The molecule has 1 heterocycles. The van der Waals surface area contributed by atoms with E-state index in [1.807, 2.05) is 50.2 Å². The van der Waals surface area contributed by atoms with Crippen LogP contribution in [0.1, 0.15) is 29.8 Å². The van der Waals surface area contributed by atoms with Gasteiger partial charge in [-0.15, -0.1) is 0 Å². The molecule has 0 fully saturated rings. The highest BCUT2D eigenvalue weighted by Crippen LogP contribution is 2.38. The molecular formula is C23H27NO5. The molecule has 0 amide bonds. The monoisotopic (exact) mass is 397 g/mol. The minimum atomic E-state index is -0.0620. The van der Waals surface area contributed by atoms with Gasteiger partial charge in [-0.2, -0.15) is 0 Å². The molecule has 6 nitrogen and oxygen atoms in total. The summed E-state index contributed by atoms with van der Waals surface area (Å²) in [4.78, 5) is 15.0. The van der Waals surface area contributed by atoms with E-state index in [0.29, 0.717) is 48.2 Å². The first kappa shape index (κ1) is 20.6. The summed E-state index contributed by atoms with van der Waals surface area (Å²) in [6.45, 7) is 5.31. The molecule has 6 heteroatoms. The van der Waals surface area contributed by atoms with Gasteiger partial charge in [-0.25, -0.2) is 0 Å². The number of anilines is 1. The highest BCUT2D eigenvalue weighted by Gasteiger charge is 2.18. The van der Waals surface area contributed by atoms with Gasteiger partial charge in [0, 0.05) is 31.3 Å². The number of allylic oxidation sites excluding steroid dienone is 1. The fourth-order valence-electron chi connectivity index (χ4n) is 3.19. The quantitative estimate of drug-likeness (QED) is 0.515. The maximum Gasteiger partial charge on any atom is 0.188 e. The van der Waals surface area contributed by atoms with Crippen LogP contribution in [0.2, 0.25) is 0 Å². The molecule has 0 N–H and O–H groups in total. The Morgan fingerprint density at radius 2 is 1.79 bits per heavy atom. The predicted molar refractivity (Wildman–Crippen MR) is 114 cm³/mol. The molecule has 0 radical (unpaired) electrons. The SMILES string of the molecule is CCOc1ccc(C(=O)/C(C)=C/c2cc3c(cc2OC)OCCO3)cc1N(C)C. The van der Waals surface area contributed by atoms with Crippen molar-refractivity contribution in [2.45, 2.75) is 13.8 Å². The highest BCUT2D eigenvalue weighted by atomic mass is 16.6. The number of ether oxygens (including phenoxy) is 4. The maximum atomic E-state index is 13.1. The molecule has 154 valence electrons. The van der Waals surface area contributed by atoms with E-state index in [4.69, 9.17) is 18.9 Å². The molecule has 1 aliphatic heterocycles. The summed E-state index contributed by atoms with van der Waals surface area (Å²) in [6, 6.07) is 9.11. The lowest BCUT2D eigenvalue weighted by molar-refractivity contribution is 0.103. The van der Waals surface area contributed by atoms with Gasteiger partial charge in [0.2, 0.25) is 0 Å². The van der Waals surface area contributed by atoms with Crippen LogP contribution in [0.25, 0.3) is 6.08 Å². The predicted octanol–water partition coefficient (Wildman–Crippen LogP) is 4.22. The van der Waals surface area contributed by atoms with E-state index < -0.39 is 0 Å². The van der Waals surface area contributed by atoms with Crippen LogP contribution in [-0.2, 0) is 0 Å². The zero-order valence-corrected chi connectivity index (χ0v) is 17.6. The smallest absolute Gasteiger partial charge is 0.188 e. The van der Waals surface area contributed by atoms with Crippen molar-refractivity contribution in [1.29, 1.82) is 0 Å². The first-order chi connectivity index (χ1) is 13.9. The van der Waals surface area contributed by atoms with Crippen LogP contribution in [-0.4, -0.2) is 46.8 Å².